The molecule has 0 saturated carbocycles. The Bertz CT molecular complexity index is 1680. The predicted molar refractivity (Wildman–Crippen MR) is 129 cm³/mol. The number of halogens is 2. The molecular formula is C24H18F2N4O4S. The highest BCUT2D eigenvalue weighted by molar-refractivity contribution is 7.20. The summed E-state index contributed by atoms with van der Waals surface area (Å²) in [6.45, 7) is -0.716. The summed E-state index contributed by atoms with van der Waals surface area (Å²) < 4.78 is 38.7. The van der Waals surface area contributed by atoms with Gasteiger partial charge in [0.2, 0.25) is 0 Å². The van der Waals surface area contributed by atoms with Crippen molar-refractivity contribution in [2.45, 2.75) is 13.5 Å². The number of aromatic nitrogens is 4. The zero-order valence-corrected chi connectivity index (χ0v) is 19.4. The maximum absolute atomic E-state index is 13.8. The first-order valence-electron chi connectivity index (χ1n) is 10.6. The second kappa shape index (κ2) is 8.91. The van der Waals surface area contributed by atoms with Gasteiger partial charge >= 0.3 is 6.61 Å². The van der Waals surface area contributed by atoms with E-state index >= 15 is 0 Å². The van der Waals surface area contributed by atoms with Gasteiger partial charge in [0.1, 0.15) is 5.75 Å². The van der Waals surface area contributed by atoms with Gasteiger partial charge in [0, 0.05) is 12.6 Å². The number of pyridine rings is 1. The largest absolute Gasteiger partial charge is 0.470 e. The number of benzene rings is 2. The summed E-state index contributed by atoms with van der Waals surface area (Å²) in [7, 11) is 1.64. The average Bonchev–Trinajstić information content (AvgIpc) is 3.23. The normalized spacial score (nSPS) is 11.5. The van der Waals surface area contributed by atoms with Crippen LogP contribution < -0.4 is 20.6 Å². The standard InChI is InChI=1S/C24H18F2N4O4S/c1-3-33-24-28-21-19(35-24)11-16(13-4-9-17-18(10-13)29(2)20(31)12-27-17)22(32)30(21)14-5-7-15(8-6-14)34-23(25)26/h4-12,23H,3H2,1-2H3. The molecule has 3 aromatic heterocycles. The summed E-state index contributed by atoms with van der Waals surface area (Å²) in [4.78, 5) is 34.5. The van der Waals surface area contributed by atoms with Gasteiger partial charge < -0.3 is 14.0 Å². The zero-order valence-electron chi connectivity index (χ0n) is 18.6. The number of hydrogen-bond donors (Lipinski definition) is 0. The van der Waals surface area contributed by atoms with Gasteiger partial charge in [-0.05, 0) is 55.0 Å². The molecule has 0 amide bonds. The van der Waals surface area contributed by atoms with Gasteiger partial charge in [-0.3, -0.25) is 14.2 Å². The maximum atomic E-state index is 13.8. The van der Waals surface area contributed by atoms with Gasteiger partial charge in [-0.2, -0.15) is 13.8 Å². The third-order valence-corrected chi connectivity index (χ3v) is 6.32. The first kappa shape index (κ1) is 22.7. The molecule has 0 aliphatic rings. The highest BCUT2D eigenvalue weighted by Gasteiger charge is 2.18. The van der Waals surface area contributed by atoms with Gasteiger partial charge in [0.15, 0.2) is 5.65 Å². The van der Waals surface area contributed by atoms with Crippen LogP contribution in [0.1, 0.15) is 6.92 Å². The van der Waals surface area contributed by atoms with E-state index in [1.165, 1.54) is 50.9 Å². The molecule has 0 unspecified atom stereocenters. The van der Waals surface area contributed by atoms with Crippen LogP contribution in [0.5, 0.6) is 10.9 Å². The van der Waals surface area contributed by atoms with Crippen LogP contribution in [0.2, 0.25) is 0 Å². The minimum absolute atomic E-state index is 0.0274. The number of hydrogen-bond acceptors (Lipinski definition) is 7. The number of aryl methyl sites for hydroxylation is 1. The molecule has 0 saturated heterocycles. The van der Waals surface area contributed by atoms with Crippen LogP contribution >= 0.6 is 11.3 Å². The number of thiazole rings is 1. The molecule has 35 heavy (non-hydrogen) atoms. The lowest BCUT2D eigenvalue weighted by molar-refractivity contribution is -0.0498. The van der Waals surface area contributed by atoms with E-state index in [1.54, 1.807) is 31.3 Å². The number of nitrogens with zero attached hydrogens (tertiary/aromatic N) is 4. The third kappa shape index (κ3) is 4.14. The quantitative estimate of drug-likeness (QED) is 0.347. The first-order chi connectivity index (χ1) is 16.9. The fourth-order valence-electron chi connectivity index (χ4n) is 3.77. The zero-order chi connectivity index (χ0) is 24.7. The summed E-state index contributed by atoms with van der Waals surface area (Å²) in [6, 6.07) is 12.7. The molecule has 0 spiro atoms. The number of fused-ring (bicyclic) bond motifs is 2. The van der Waals surface area contributed by atoms with Gasteiger partial charge in [0.25, 0.3) is 16.3 Å². The minimum atomic E-state index is -2.95. The van der Waals surface area contributed by atoms with E-state index in [-0.39, 0.29) is 16.9 Å². The van der Waals surface area contributed by atoms with Crippen LogP contribution in [0.25, 0.3) is 38.2 Å². The molecule has 8 nitrogen and oxygen atoms in total. The van der Waals surface area contributed by atoms with E-state index in [0.717, 1.165) is 0 Å². The second-order valence-corrected chi connectivity index (χ2v) is 8.52. The van der Waals surface area contributed by atoms with Gasteiger partial charge in [-0.15, -0.1) is 0 Å². The van der Waals surface area contributed by atoms with Crippen molar-refractivity contribution in [3.63, 3.8) is 0 Å². The molecule has 3 heterocycles. The van der Waals surface area contributed by atoms with Crippen molar-refractivity contribution < 1.29 is 18.3 Å². The van der Waals surface area contributed by atoms with Crippen molar-refractivity contribution in [2.75, 3.05) is 6.61 Å². The Morgan fingerprint density at radius 2 is 1.86 bits per heavy atom. The monoisotopic (exact) mass is 496 g/mol. The van der Waals surface area contributed by atoms with Crippen LogP contribution in [-0.2, 0) is 7.05 Å². The Morgan fingerprint density at radius 1 is 1.09 bits per heavy atom. The van der Waals surface area contributed by atoms with Crippen molar-refractivity contribution in [2.24, 2.45) is 7.05 Å². The Morgan fingerprint density at radius 3 is 2.57 bits per heavy atom. The molecule has 0 bridgehead atoms. The molecule has 0 fully saturated rings. The number of ether oxygens (including phenoxy) is 2. The van der Waals surface area contributed by atoms with Crippen LogP contribution in [0.4, 0.5) is 8.78 Å². The molecule has 0 aliphatic heterocycles. The van der Waals surface area contributed by atoms with Crippen molar-refractivity contribution in [1.29, 1.82) is 0 Å². The van der Waals surface area contributed by atoms with Crippen LogP contribution in [0.15, 0.2) is 64.3 Å². The van der Waals surface area contributed by atoms with Crippen molar-refractivity contribution in [3.8, 4) is 27.8 Å². The fourth-order valence-corrected chi connectivity index (χ4v) is 4.68. The Kier molecular flexibility index (Phi) is 5.77. The summed E-state index contributed by atoms with van der Waals surface area (Å²) in [5.74, 6) is -0.0274. The lowest BCUT2D eigenvalue weighted by atomic mass is 10.1. The Hall–Kier alpha value is -4.12. The van der Waals surface area contributed by atoms with E-state index < -0.39 is 6.61 Å². The molecule has 0 atom stereocenters. The lowest BCUT2D eigenvalue weighted by Gasteiger charge is -2.12. The highest BCUT2D eigenvalue weighted by atomic mass is 32.1. The number of alkyl halides is 2. The van der Waals surface area contributed by atoms with Crippen molar-refractivity contribution in [3.05, 3.63) is 75.4 Å². The Balaban J connectivity index is 1.75. The van der Waals surface area contributed by atoms with E-state index in [1.807, 2.05) is 6.92 Å². The molecule has 5 aromatic rings. The SMILES string of the molecule is CCOc1nc2c(cc(-c3ccc4ncc(=O)n(C)c4c3)c(=O)n2-c2ccc(OC(F)F)cc2)s1. The molecule has 0 aliphatic carbocycles. The highest BCUT2D eigenvalue weighted by Crippen LogP contribution is 2.32. The third-order valence-electron chi connectivity index (χ3n) is 5.42. The van der Waals surface area contributed by atoms with Gasteiger partial charge in [-0.1, -0.05) is 17.4 Å². The number of rotatable bonds is 6. The average molecular weight is 496 g/mol. The van der Waals surface area contributed by atoms with Crippen LogP contribution in [0.3, 0.4) is 0 Å². The molecule has 2 aromatic carbocycles. The maximum Gasteiger partial charge on any atom is 0.387 e. The molecule has 11 heteroatoms. The summed E-state index contributed by atoms with van der Waals surface area (Å²) in [5.41, 5.74) is 2.31. The van der Waals surface area contributed by atoms with Gasteiger partial charge in [-0.25, -0.2) is 4.98 Å². The summed E-state index contributed by atoms with van der Waals surface area (Å²) in [6.07, 6.45) is 1.25. The van der Waals surface area contributed by atoms with Crippen LogP contribution in [-0.4, -0.2) is 32.3 Å². The molecule has 5 rings (SSSR count). The Labute approximate surface area is 200 Å². The molecule has 0 radical (unpaired) electrons. The lowest BCUT2D eigenvalue weighted by Crippen LogP contribution is -2.21. The topological polar surface area (TPSA) is 88.2 Å². The first-order valence-corrected chi connectivity index (χ1v) is 11.4. The second-order valence-electron chi connectivity index (χ2n) is 7.53. The van der Waals surface area contributed by atoms with E-state index in [4.69, 9.17) is 4.74 Å². The van der Waals surface area contributed by atoms with Crippen molar-refractivity contribution in [1.82, 2.24) is 19.1 Å². The van der Waals surface area contributed by atoms with E-state index in [9.17, 15) is 18.4 Å². The molecule has 0 N–H and O–H groups in total. The fraction of sp³-hybridized carbons (Fsp3) is 0.167. The van der Waals surface area contributed by atoms with Gasteiger partial charge in [0.05, 0.1) is 34.2 Å². The van der Waals surface area contributed by atoms with Crippen LogP contribution in [0, 0.1) is 0 Å². The smallest absolute Gasteiger partial charge is 0.387 e. The van der Waals surface area contributed by atoms with Crippen molar-refractivity contribution >= 4 is 32.7 Å². The molecular weight excluding hydrogens is 478 g/mol. The summed E-state index contributed by atoms with van der Waals surface area (Å²) in [5, 5.41) is 0.399. The van der Waals surface area contributed by atoms with E-state index in [0.29, 0.717) is 50.0 Å². The molecule has 178 valence electrons. The van der Waals surface area contributed by atoms with E-state index in [2.05, 4.69) is 14.7 Å². The minimum Gasteiger partial charge on any atom is -0.470 e. The predicted octanol–water partition coefficient (Wildman–Crippen LogP) is 4.36. The summed E-state index contributed by atoms with van der Waals surface area (Å²) >= 11 is 1.28.